The molecule has 172 valence electrons. The van der Waals surface area contributed by atoms with Crippen molar-refractivity contribution in [2.45, 2.75) is 25.6 Å². The fourth-order valence-corrected chi connectivity index (χ4v) is 4.90. The van der Waals surface area contributed by atoms with Crippen molar-refractivity contribution in [1.82, 2.24) is 19.8 Å². The highest BCUT2D eigenvalue weighted by atomic mass is 35.5. The molecule has 34 heavy (non-hydrogen) atoms. The zero-order chi connectivity index (χ0) is 23.7. The lowest BCUT2D eigenvalue weighted by molar-refractivity contribution is 0.302. The van der Waals surface area contributed by atoms with Crippen molar-refractivity contribution in [3.8, 4) is 11.4 Å². The molecular weight excluding hydrogens is 464 g/mol. The summed E-state index contributed by atoms with van der Waals surface area (Å²) in [7, 11) is 1.68. The molecule has 0 spiro atoms. The van der Waals surface area contributed by atoms with Gasteiger partial charge in [0.1, 0.15) is 5.75 Å². The van der Waals surface area contributed by atoms with E-state index in [-0.39, 0.29) is 12.1 Å². The first-order chi connectivity index (χ1) is 16.5. The molecule has 0 radical (unpaired) electrons. The van der Waals surface area contributed by atoms with Crippen molar-refractivity contribution in [3.05, 3.63) is 113 Å². The predicted octanol–water partition coefficient (Wildman–Crippen LogP) is 6.02. The number of nitrogens with one attached hydrogen (secondary N) is 1. The molecule has 2 atom stereocenters. The average Bonchev–Trinajstić information content (AvgIpc) is 3.46. The fourth-order valence-electron chi connectivity index (χ4n) is 4.47. The Bertz CT molecular complexity index is 1310. The first kappa shape index (κ1) is 22.4. The molecule has 2 aromatic carbocycles. The van der Waals surface area contributed by atoms with E-state index in [0.717, 1.165) is 39.0 Å². The van der Waals surface area contributed by atoms with Crippen LogP contribution in [0.3, 0.4) is 0 Å². The maximum atomic E-state index is 6.30. The van der Waals surface area contributed by atoms with Crippen LogP contribution in [0.1, 0.15) is 34.6 Å². The molecule has 4 aromatic rings. The number of benzene rings is 2. The largest absolute Gasteiger partial charge is 0.497 e. The third kappa shape index (κ3) is 4.27. The molecule has 0 bridgehead atoms. The van der Waals surface area contributed by atoms with E-state index in [1.165, 1.54) is 0 Å². The summed E-state index contributed by atoms with van der Waals surface area (Å²) in [6.07, 6.45) is 3.91. The highest BCUT2D eigenvalue weighted by molar-refractivity contribution is 7.80. The minimum Gasteiger partial charge on any atom is -0.497 e. The lowest BCUT2D eigenvalue weighted by atomic mass is 10.0. The molecule has 5 rings (SSSR count). The molecule has 0 aliphatic carbocycles. The van der Waals surface area contributed by atoms with Gasteiger partial charge in [-0.2, -0.15) is 0 Å². The van der Waals surface area contributed by atoms with E-state index >= 15 is 0 Å². The second-order valence-corrected chi connectivity index (χ2v) is 9.13. The van der Waals surface area contributed by atoms with E-state index in [1.807, 2.05) is 55.6 Å². The molecule has 3 heterocycles. The molecule has 7 heteroatoms. The molecule has 2 aromatic heterocycles. The van der Waals surface area contributed by atoms with Gasteiger partial charge in [-0.05, 0) is 84.9 Å². The summed E-state index contributed by atoms with van der Waals surface area (Å²) < 4.78 is 7.53. The van der Waals surface area contributed by atoms with Crippen LogP contribution in [-0.4, -0.2) is 26.7 Å². The van der Waals surface area contributed by atoms with Crippen LogP contribution in [0.5, 0.6) is 5.75 Å². The van der Waals surface area contributed by atoms with E-state index in [4.69, 9.17) is 28.6 Å². The number of nitrogens with zero attached hydrogens (tertiary/aromatic N) is 3. The van der Waals surface area contributed by atoms with Crippen molar-refractivity contribution >= 4 is 28.9 Å². The summed E-state index contributed by atoms with van der Waals surface area (Å²) in [5.41, 5.74) is 5.32. The SMILES string of the molecule is COc1ccc(CN2C(=S)NC(c3ccccn3)C2c2cccn2-c2ccc(Cl)c(C)c2)cc1. The second kappa shape index (κ2) is 9.49. The van der Waals surface area contributed by atoms with Crippen molar-refractivity contribution in [3.63, 3.8) is 0 Å². The molecular formula is C27H25ClN4OS. The lowest BCUT2D eigenvalue weighted by Gasteiger charge is -2.29. The number of ether oxygens (including phenoxy) is 1. The highest BCUT2D eigenvalue weighted by Crippen LogP contribution is 2.40. The standard InChI is InChI=1S/C27H25ClN4OS/c1-18-16-20(10-13-22(18)28)31-15-5-7-24(31)26-25(23-6-3-4-14-29-23)30-27(34)32(26)17-19-8-11-21(33-2)12-9-19/h3-16,25-26H,17H2,1-2H3,(H,30,34). The molecule has 2 unspecified atom stereocenters. The van der Waals surface area contributed by atoms with Gasteiger partial charge in [0.2, 0.25) is 0 Å². The van der Waals surface area contributed by atoms with E-state index in [0.29, 0.717) is 11.7 Å². The number of aromatic nitrogens is 2. The Morgan fingerprint density at radius 2 is 1.88 bits per heavy atom. The van der Waals surface area contributed by atoms with Crippen LogP contribution in [0.15, 0.2) is 85.2 Å². The molecule has 5 nitrogen and oxygen atoms in total. The second-order valence-electron chi connectivity index (χ2n) is 8.34. The Morgan fingerprint density at radius 3 is 2.59 bits per heavy atom. The molecule has 1 aliphatic rings. The van der Waals surface area contributed by atoms with Gasteiger partial charge in [0.05, 0.1) is 24.9 Å². The quantitative estimate of drug-likeness (QED) is 0.336. The maximum absolute atomic E-state index is 6.30. The van der Waals surface area contributed by atoms with Crippen LogP contribution in [0, 0.1) is 6.92 Å². The Labute approximate surface area is 210 Å². The molecule has 1 saturated heterocycles. The monoisotopic (exact) mass is 488 g/mol. The summed E-state index contributed by atoms with van der Waals surface area (Å²) in [5, 5.41) is 5.00. The Morgan fingerprint density at radius 1 is 1.06 bits per heavy atom. The van der Waals surface area contributed by atoms with Crippen LogP contribution in [0.2, 0.25) is 5.02 Å². The number of aryl methyl sites for hydroxylation is 1. The predicted molar refractivity (Wildman–Crippen MR) is 140 cm³/mol. The number of hydrogen-bond donors (Lipinski definition) is 1. The van der Waals surface area contributed by atoms with Gasteiger partial charge in [0.15, 0.2) is 5.11 Å². The third-order valence-electron chi connectivity index (χ3n) is 6.21. The van der Waals surface area contributed by atoms with Crippen LogP contribution in [0.25, 0.3) is 5.69 Å². The summed E-state index contributed by atoms with van der Waals surface area (Å²) in [4.78, 5) is 6.90. The molecule has 1 fully saturated rings. The van der Waals surface area contributed by atoms with Crippen LogP contribution in [-0.2, 0) is 6.54 Å². The van der Waals surface area contributed by atoms with Gasteiger partial charge in [-0.15, -0.1) is 0 Å². The Hall–Kier alpha value is -3.35. The van der Waals surface area contributed by atoms with Crippen molar-refractivity contribution in [2.24, 2.45) is 0 Å². The van der Waals surface area contributed by atoms with Crippen LogP contribution >= 0.6 is 23.8 Å². The van der Waals surface area contributed by atoms with E-state index in [2.05, 4.69) is 56.3 Å². The van der Waals surface area contributed by atoms with Gasteiger partial charge in [-0.25, -0.2) is 0 Å². The van der Waals surface area contributed by atoms with Gasteiger partial charge >= 0.3 is 0 Å². The number of pyridine rings is 1. The minimum atomic E-state index is -0.0889. The number of halogens is 1. The smallest absolute Gasteiger partial charge is 0.170 e. The zero-order valence-electron chi connectivity index (χ0n) is 19.0. The van der Waals surface area contributed by atoms with Crippen molar-refractivity contribution in [1.29, 1.82) is 0 Å². The van der Waals surface area contributed by atoms with Crippen molar-refractivity contribution < 1.29 is 4.74 Å². The summed E-state index contributed by atoms with van der Waals surface area (Å²) in [6, 6.07) is 24.3. The molecule has 1 aliphatic heterocycles. The van der Waals surface area contributed by atoms with Gasteiger partial charge in [-0.3, -0.25) is 4.98 Å². The first-order valence-electron chi connectivity index (χ1n) is 11.1. The molecule has 1 N–H and O–H groups in total. The summed E-state index contributed by atoms with van der Waals surface area (Å²) in [6.45, 7) is 2.68. The lowest BCUT2D eigenvalue weighted by Crippen LogP contribution is -2.30. The maximum Gasteiger partial charge on any atom is 0.170 e. The molecule has 0 saturated carbocycles. The third-order valence-corrected chi connectivity index (χ3v) is 6.99. The topological polar surface area (TPSA) is 42.3 Å². The minimum absolute atomic E-state index is 0.0597. The summed E-state index contributed by atoms with van der Waals surface area (Å²) >= 11 is 12.2. The zero-order valence-corrected chi connectivity index (χ0v) is 20.6. The van der Waals surface area contributed by atoms with Crippen LogP contribution < -0.4 is 10.1 Å². The van der Waals surface area contributed by atoms with Crippen molar-refractivity contribution in [2.75, 3.05) is 7.11 Å². The molecule has 0 amide bonds. The number of thiocarbonyl (C=S) groups is 1. The van der Waals surface area contributed by atoms with Gasteiger partial charge in [0, 0.05) is 35.3 Å². The Kier molecular flexibility index (Phi) is 6.26. The van der Waals surface area contributed by atoms with Gasteiger partial charge in [-0.1, -0.05) is 29.8 Å². The van der Waals surface area contributed by atoms with Gasteiger partial charge < -0.3 is 19.5 Å². The Balaban J connectivity index is 1.58. The highest BCUT2D eigenvalue weighted by Gasteiger charge is 2.41. The van der Waals surface area contributed by atoms with E-state index in [1.54, 1.807) is 7.11 Å². The number of methoxy groups -OCH3 is 1. The first-order valence-corrected chi connectivity index (χ1v) is 11.9. The van der Waals surface area contributed by atoms with E-state index < -0.39 is 0 Å². The van der Waals surface area contributed by atoms with Crippen LogP contribution in [0.4, 0.5) is 0 Å². The van der Waals surface area contributed by atoms with E-state index in [9.17, 15) is 0 Å². The summed E-state index contributed by atoms with van der Waals surface area (Å²) in [5.74, 6) is 0.834. The van der Waals surface area contributed by atoms with Gasteiger partial charge in [0.25, 0.3) is 0 Å². The fraction of sp³-hybridized carbons (Fsp3) is 0.185. The number of hydrogen-bond acceptors (Lipinski definition) is 3. The number of rotatable bonds is 6. The normalized spacial score (nSPS) is 17.6. The average molecular weight is 489 g/mol.